The summed E-state index contributed by atoms with van der Waals surface area (Å²) in [5.41, 5.74) is 10.4. The van der Waals surface area contributed by atoms with E-state index in [2.05, 4.69) is 132 Å². The third-order valence-corrected chi connectivity index (χ3v) is 7.31. The fourth-order valence-electron chi connectivity index (χ4n) is 5.41. The van der Waals surface area contributed by atoms with E-state index in [-0.39, 0.29) is 0 Å². The molecule has 0 bridgehead atoms. The molecule has 38 heavy (non-hydrogen) atoms. The molecular weight excluding hydrogens is 460 g/mol. The van der Waals surface area contributed by atoms with Crippen LogP contribution in [0.5, 0.6) is 0 Å². The number of imidazole rings is 1. The fourth-order valence-corrected chi connectivity index (χ4v) is 5.41. The zero-order valence-corrected chi connectivity index (χ0v) is 21.2. The lowest BCUT2D eigenvalue weighted by molar-refractivity contribution is 1.31. The maximum atomic E-state index is 5.02. The molecule has 0 unspecified atom stereocenters. The number of nitrogens with zero attached hydrogens (tertiary/aromatic N) is 2. The van der Waals surface area contributed by atoms with Gasteiger partial charge in [-0.05, 0) is 70.5 Å². The van der Waals surface area contributed by atoms with E-state index in [1.54, 1.807) is 0 Å². The van der Waals surface area contributed by atoms with Crippen LogP contribution in [-0.2, 0) is 0 Å². The minimum Gasteiger partial charge on any atom is -0.292 e. The molecule has 0 amide bonds. The molecule has 2 heteroatoms. The molecule has 7 rings (SSSR count). The summed E-state index contributed by atoms with van der Waals surface area (Å²) in [6.07, 6.45) is 8.26. The van der Waals surface area contributed by atoms with Crippen molar-refractivity contribution in [2.75, 3.05) is 0 Å². The Labute approximate surface area is 221 Å². The van der Waals surface area contributed by atoms with Crippen LogP contribution in [0.2, 0.25) is 0 Å². The standard InChI is InChI=1S/C36H26N2/c1-2-3-4-9-25-14-16-26(17-15-25)27-18-20-28(21-19-27)29-22-23-31-32(24-29)30-10-5-7-12-34(30)38-35-13-8-6-11-33(35)37-36(31)38/h2-24H,1H3/b3-2-,9-4-. The van der Waals surface area contributed by atoms with Gasteiger partial charge in [0.05, 0.1) is 16.6 Å². The van der Waals surface area contributed by atoms with Gasteiger partial charge >= 0.3 is 0 Å². The lowest BCUT2D eigenvalue weighted by atomic mass is 9.97. The van der Waals surface area contributed by atoms with Crippen molar-refractivity contribution in [1.29, 1.82) is 0 Å². The number of hydrogen-bond acceptors (Lipinski definition) is 1. The molecule has 0 fully saturated rings. The van der Waals surface area contributed by atoms with Gasteiger partial charge in [-0.15, -0.1) is 0 Å². The average molecular weight is 487 g/mol. The average Bonchev–Trinajstić information content (AvgIpc) is 3.38. The number of para-hydroxylation sites is 3. The highest BCUT2D eigenvalue weighted by Crippen LogP contribution is 2.35. The van der Waals surface area contributed by atoms with E-state index in [0.717, 1.165) is 16.7 Å². The molecule has 2 aromatic heterocycles. The van der Waals surface area contributed by atoms with Gasteiger partial charge in [0.15, 0.2) is 0 Å². The Bertz CT molecular complexity index is 2000. The van der Waals surface area contributed by atoms with Crippen molar-refractivity contribution in [3.63, 3.8) is 0 Å². The number of hydrogen-bond donors (Lipinski definition) is 0. The number of benzene rings is 5. The summed E-state index contributed by atoms with van der Waals surface area (Å²) in [6.45, 7) is 2.02. The van der Waals surface area contributed by atoms with Gasteiger partial charge in [0.2, 0.25) is 0 Å². The zero-order chi connectivity index (χ0) is 25.5. The van der Waals surface area contributed by atoms with Crippen LogP contribution >= 0.6 is 0 Å². The van der Waals surface area contributed by atoms with Crippen LogP contribution in [0, 0.1) is 0 Å². The Morgan fingerprint density at radius 3 is 1.95 bits per heavy atom. The van der Waals surface area contributed by atoms with Gasteiger partial charge in [0.25, 0.3) is 0 Å². The summed E-state index contributed by atoms with van der Waals surface area (Å²) in [7, 11) is 0. The number of aromatic nitrogens is 2. The minimum absolute atomic E-state index is 1.01. The molecule has 7 aromatic rings. The lowest BCUT2D eigenvalue weighted by Gasteiger charge is -2.11. The Hall–Kier alpha value is -4.95. The molecule has 0 spiro atoms. The van der Waals surface area contributed by atoms with Crippen molar-refractivity contribution in [1.82, 2.24) is 9.38 Å². The molecule has 2 nitrogen and oxygen atoms in total. The molecule has 0 N–H and O–H groups in total. The molecule has 0 atom stereocenters. The van der Waals surface area contributed by atoms with Gasteiger partial charge in [-0.3, -0.25) is 4.40 Å². The third-order valence-electron chi connectivity index (χ3n) is 7.31. The number of allylic oxidation sites excluding steroid dienone is 3. The van der Waals surface area contributed by atoms with Gasteiger partial charge in [-0.25, -0.2) is 4.98 Å². The quantitative estimate of drug-likeness (QED) is 0.179. The zero-order valence-electron chi connectivity index (χ0n) is 21.2. The molecule has 2 heterocycles. The molecule has 0 aliphatic rings. The maximum absolute atomic E-state index is 5.02. The lowest BCUT2D eigenvalue weighted by Crippen LogP contribution is -1.91. The number of pyridine rings is 1. The predicted molar refractivity (Wildman–Crippen MR) is 162 cm³/mol. The molecule has 5 aromatic carbocycles. The molecule has 0 radical (unpaired) electrons. The molecule has 0 aliphatic carbocycles. The highest BCUT2D eigenvalue weighted by molar-refractivity contribution is 6.14. The molecule has 0 saturated heterocycles. The second-order valence-corrected chi connectivity index (χ2v) is 9.62. The van der Waals surface area contributed by atoms with Crippen LogP contribution < -0.4 is 0 Å². The second kappa shape index (κ2) is 9.17. The highest BCUT2D eigenvalue weighted by Gasteiger charge is 2.14. The third kappa shape index (κ3) is 3.70. The van der Waals surface area contributed by atoms with E-state index >= 15 is 0 Å². The van der Waals surface area contributed by atoms with Gasteiger partial charge in [0.1, 0.15) is 5.65 Å². The highest BCUT2D eigenvalue weighted by atomic mass is 15.0. The number of rotatable bonds is 4. The first kappa shape index (κ1) is 22.3. The summed E-state index contributed by atoms with van der Waals surface area (Å²) in [5.74, 6) is 0. The SMILES string of the molecule is C/C=C\C=C/c1ccc(-c2ccc(-c3ccc4c(c3)c3ccccc3n3c5ccccc5nc43)cc2)cc1. The summed E-state index contributed by atoms with van der Waals surface area (Å²) < 4.78 is 2.29. The monoisotopic (exact) mass is 486 g/mol. The van der Waals surface area contributed by atoms with Crippen LogP contribution in [-0.4, -0.2) is 9.38 Å². The summed E-state index contributed by atoms with van der Waals surface area (Å²) in [6, 6.07) is 41.4. The predicted octanol–water partition coefficient (Wildman–Crippen LogP) is 9.72. The van der Waals surface area contributed by atoms with E-state index < -0.39 is 0 Å². The van der Waals surface area contributed by atoms with Gasteiger partial charge in [-0.2, -0.15) is 0 Å². The Morgan fingerprint density at radius 1 is 0.553 bits per heavy atom. The van der Waals surface area contributed by atoms with Crippen LogP contribution in [0.3, 0.4) is 0 Å². The Kier molecular flexibility index (Phi) is 5.37. The summed E-state index contributed by atoms with van der Waals surface area (Å²) in [4.78, 5) is 5.02. The van der Waals surface area contributed by atoms with Gasteiger partial charge < -0.3 is 0 Å². The first-order chi connectivity index (χ1) is 18.8. The second-order valence-electron chi connectivity index (χ2n) is 9.62. The Balaban J connectivity index is 1.31. The fraction of sp³-hybridized carbons (Fsp3) is 0.0278. The Morgan fingerprint density at radius 2 is 1.18 bits per heavy atom. The van der Waals surface area contributed by atoms with Crippen molar-refractivity contribution in [2.45, 2.75) is 6.92 Å². The van der Waals surface area contributed by atoms with E-state index in [9.17, 15) is 0 Å². The van der Waals surface area contributed by atoms with Gasteiger partial charge in [-0.1, -0.05) is 109 Å². The summed E-state index contributed by atoms with van der Waals surface area (Å²) >= 11 is 0. The van der Waals surface area contributed by atoms with Crippen LogP contribution in [0.25, 0.3) is 66.7 Å². The van der Waals surface area contributed by atoms with E-state index in [4.69, 9.17) is 4.98 Å². The smallest absolute Gasteiger partial charge is 0.146 e. The molecular formula is C36H26N2. The minimum atomic E-state index is 1.01. The normalized spacial score (nSPS) is 12.1. The van der Waals surface area contributed by atoms with Crippen molar-refractivity contribution in [2.24, 2.45) is 0 Å². The van der Waals surface area contributed by atoms with Crippen LogP contribution in [0.1, 0.15) is 12.5 Å². The largest absolute Gasteiger partial charge is 0.292 e. The molecule has 0 saturated carbocycles. The summed E-state index contributed by atoms with van der Waals surface area (Å²) in [5, 5.41) is 3.63. The van der Waals surface area contributed by atoms with Crippen LogP contribution in [0.4, 0.5) is 0 Å². The first-order valence-corrected chi connectivity index (χ1v) is 13.0. The van der Waals surface area contributed by atoms with Crippen molar-refractivity contribution >= 4 is 44.4 Å². The van der Waals surface area contributed by atoms with E-state index in [0.29, 0.717) is 0 Å². The first-order valence-electron chi connectivity index (χ1n) is 13.0. The van der Waals surface area contributed by atoms with Crippen molar-refractivity contribution in [3.05, 3.63) is 139 Å². The number of fused-ring (bicyclic) bond motifs is 8. The van der Waals surface area contributed by atoms with Crippen molar-refractivity contribution in [3.8, 4) is 22.3 Å². The van der Waals surface area contributed by atoms with E-state index in [1.165, 1.54) is 49.5 Å². The topological polar surface area (TPSA) is 17.3 Å². The molecule has 180 valence electrons. The van der Waals surface area contributed by atoms with E-state index in [1.807, 2.05) is 19.1 Å². The van der Waals surface area contributed by atoms with Crippen LogP contribution in [0.15, 0.2) is 133 Å². The van der Waals surface area contributed by atoms with Gasteiger partial charge in [0, 0.05) is 10.8 Å². The van der Waals surface area contributed by atoms with Crippen molar-refractivity contribution < 1.29 is 0 Å². The molecule has 0 aliphatic heterocycles. The maximum Gasteiger partial charge on any atom is 0.146 e.